The van der Waals surface area contributed by atoms with Crippen LogP contribution >= 0.6 is 0 Å². The number of nitrogens with one attached hydrogen (secondary N) is 1. The highest BCUT2D eigenvalue weighted by atomic mass is 32.2. The number of amidine groups is 1. The molecule has 2 rings (SSSR count). The predicted molar refractivity (Wildman–Crippen MR) is 95.9 cm³/mol. The van der Waals surface area contributed by atoms with Crippen LogP contribution in [0, 0.1) is 0 Å². The lowest BCUT2D eigenvalue weighted by Crippen LogP contribution is -2.16. The van der Waals surface area contributed by atoms with Crippen molar-refractivity contribution in [1.29, 1.82) is 0 Å². The standard InChI is InChI=1S/C17H17N3O3S/c1-13(21)19-16-9-5-8-15(12-16)17(18)20-24(22,23)11-10-14-6-3-2-4-7-14/h2-12H,1H3,(H2,18,20)(H,19,21)/b11-10+. The zero-order chi connectivity index (χ0) is 17.6. The highest BCUT2D eigenvalue weighted by Crippen LogP contribution is 2.12. The predicted octanol–water partition coefficient (Wildman–Crippen LogP) is 2.35. The van der Waals surface area contributed by atoms with Gasteiger partial charge in [0.1, 0.15) is 5.84 Å². The summed E-state index contributed by atoms with van der Waals surface area (Å²) in [5, 5.41) is 3.59. The maximum Gasteiger partial charge on any atom is 0.277 e. The monoisotopic (exact) mass is 343 g/mol. The highest BCUT2D eigenvalue weighted by Gasteiger charge is 2.07. The van der Waals surface area contributed by atoms with E-state index in [9.17, 15) is 13.2 Å². The molecule has 1 amide bonds. The molecule has 0 heterocycles. The number of sulfonamides is 1. The molecule has 3 N–H and O–H groups in total. The molecule has 7 heteroatoms. The Morgan fingerprint density at radius 2 is 1.83 bits per heavy atom. The smallest absolute Gasteiger partial charge is 0.277 e. The second kappa shape index (κ2) is 7.56. The zero-order valence-corrected chi connectivity index (χ0v) is 13.8. The molecule has 0 aliphatic rings. The molecule has 0 bridgehead atoms. The van der Waals surface area contributed by atoms with Crippen molar-refractivity contribution in [2.75, 3.05) is 5.32 Å². The summed E-state index contributed by atoms with van der Waals surface area (Å²) in [5.74, 6) is -0.388. The first-order valence-corrected chi connectivity index (χ1v) is 8.58. The normalized spacial score (nSPS) is 12.3. The number of carbonyl (C=O) groups is 1. The fraction of sp³-hybridized carbons (Fsp3) is 0.0588. The molecular formula is C17H17N3O3S. The van der Waals surface area contributed by atoms with Gasteiger partial charge in [-0.3, -0.25) is 4.79 Å². The van der Waals surface area contributed by atoms with Gasteiger partial charge in [-0.25, -0.2) is 0 Å². The van der Waals surface area contributed by atoms with E-state index >= 15 is 0 Å². The van der Waals surface area contributed by atoms with Gasteiger partial charge >= 0.3 is 0 Å². The summed E-state index contributed by atoms with van der Waals surface area (Å²) < 4.78 is 27.6. The molecule has 0 unspecified atom stereocenters. The number of carbonyl (C=O) groups excluding carboxylic acids is 1. The van der Waals surface area contributed by atoms with Crippen molar-refractivity contribution in [3.05, 3.63) is 71.1 Å². The van der Waals surface area contributed by atoms with Crippen LogP contribution in [0.15, 0.2) is 64.4 Å². The summed E-state index contributed by atoms with van der Waals surface area (Å²) in [7, 11) is -3.87. The van der Waals surface area contributed by atoms with Crippen LogP contribution in [0.1, 0.15) is 18.1 Å². The maximum absolute atomic E-state index is 12.0. The molecular weight excluding hydrogens is 326 g/mol. The zero-order valence-electron chi connectivity index (χ0n) is 13.0. The van der Waals surface area contributed by atoms with E-state index < -0.39 is 10.0 Å². The quantitative estimate of drug-likeness (QED) is 0.642. The first-order chi connectivity index (χ1) is 11.4. The van der Waals surface area contributed by atoms with Gasteiger partial charge in [0, 0.05) is 18.2 Å². The lowest BCUT2D eigenvalue weighted by molar-refractivity contribution is -0.114. The third-order valence-electron chi connectivity index (χ3n) is 2.94. The van der Waals surface area contributed by atoms with Crippen LogP contribution in [0.2, 0.25) is 0 Å². The van der Waals surface area contributed by atoms with Crippen molar-refractivity contribution < 1.29 is 13.2 Å². The van der Waals surface area contributed by atoms with Crippen LogP contribution in [-0.4, -0.2) is 20.2 Å². The van der Waals surface area contributed by atoms with Gasteiger partial charge in [-0.1, -0.05) is 42.5 Å². The van der Waals surface area contributed by atoms with Crippen molar-refractivity contribution in [2.45, 2.75) is 6.92 Å². The Bertz CT molecular complexity index is 888. The van der Waals surface area contributed by atoms with Crippen LogP contribution in [-0.2, 0) is 14.8 Å². The number of nitrogens with two attached hydrogens (primary N) is 1. The summed E-state index contributed by atoms with van der Waals surface area (Å²) in [5.41, 5.74) is 7.42. The van der Waals surface area contributed by atoms with E-state index in [1.54, 1.807) is 48.5 Å². The summed E-state index contributed by atoms with van der Waals surface area (Å²) in [6, 6.07) is 15.5. The average Bonchev–Trinajstić information content (AvgIpc) is 2.53. The molecule has 6 nitrogen and oxygen atoms in total. The fourth-order valence-corrected chi connectivity index (χ4v) is 2.68. The Morgan fingerprint density at radius 1 is 1.12 bits per heavy atom. The molecule has 2 aromatic rings. The topological polar surface area (TPSA) is 102 Å². The number of benzene rings is 2. The third kappa shape index (κ3) is 5.36. The lowest BCUT2D eigenvalue weighted by atomic mass is 10.2. The van der Waals surface area contributed by atoms with E-state index in [1.807, 2.05) is 6.07 Å². The second-order valence-corrected chi connectivity index (χ2v) is 6.45. The molecule has 0 atom stereocenters. The first-order valence-electron chi connectivity index (χ1n) is 7.07. The fourth-order valence-electron chi connectivity index (χ4n) is 1.91. The molecule has 0 aliphatic carbocycles. The van der Waals surface area contributed by atoms with Crippen LogP contribution in [0.3, 0.4) is 0 Å². The molecule has 2 aromatic carbocycles. The van der Waals surface area contributed by atoms with Crippen molar-refractivity contribution in [3.8, 4) is 0 Å². The van der Waals surface area contributed by atoms with Crippen molar-refractivity contribution in [3.63, 3.8) is 0 Å². The van der Waals surface area contributed by atoms with Gasteiger partial charge in [0.25, 0.3) is 10.0 Å². The van der Waals surface area contributed by atoms with E-state index in [4.69, 9.17) is 5.73 Å². The minimum absolute atomic E-state index is 0.153. The molecule has 0 spiro atoms. The van der Waals surface area contributed by atoms with Gasteiger partial charge in [-0.05, 0) is 23.8 Å². The van der Waals surface area contributed by atoms with Crippen LogP contribution in [0.4, 0.5) is 5.69 Å². The van der Waals surface area contributed by atoms with Crippen molar-refractivity contribution in [1.82, 2.24) is 0 Å². The van der Waals surface area contributed by atoms with Gasteiger partial charge in [-0.15, -0.1) is 4.40 Å². The number of hydrogen-bond acceptors (Lipinski definition) is 3. The van der Waals surface area contributed by atoms with Crippen LogP contribution in [0.5, 0.6) is 0 Å². The summed E-state index contributed by atoms with van der Waals surface area (Å²) in [4.78, 5) is 11.1. The van der Waals surface area contributed by atoms with Crippen LogP contribution < -0.4 is 11.1 Å². The summed E-state index contributed by atoms with van der Waals surface area (Å²) in [6.07, 6.45) is 1.44. The Kier molecular flexibility index (Phi) is 5.49. The SMILES string of the molecule is CC(=O)Nc1cccc(/C(N)=N/S(=O)(=O)/C=C/c2ccccc2)c1. The van der Waals surface area contributed by atoms with E-state index in [2.05, 4.69) is 9.71 Å². The number of nitrogens with zero attached hydrogens (tertiary/aromatic N) is 1. The number of rotatable bonds is 5. The molecule has 124 valence electrons. The Hall–Kier alpha value is -2.93. The number of amides is 1. The minimum Gasteiger partial charge on any atom is -0.383 e. The minimum atomic E-state index is -3.87. The van der Waals surface area contributed by atoms with Gasteiger partial charge < -0.3 is 11.1 Å². The van der Waals surface area contributed by atoms with Crippen LogP contribution in [0.25, 0.3) is 6.08 Å². The molecule has 0 aliphatic heterocycles. The van der Waals surface area contributed by atoms with Gasteiger partial charge in [0.15, 0.2) is 0 Å². The van der Waals surface area contributed by atoms with Gasteiger partial charge in [0.2, 0.25) is 5.91 Å². The molecule has 0 aromatic heterocycles. The Labute approximate surface area is 140 Å². The van der Waals surface area contributed by atoms with E-state index in [0.717, 1.165) is 11.0 Å². The van der Waals surface area contributed by atoms with Gasteiger partial charge in [0.05, 0.1) is 5.41 Å². The largest absolute Gasteiger partial charge is 0.383 e. The molecule has 24 heavy (non-hydrogen) atoms. The van der Waals surface area contributed by atoms with Crippen molar-refractivity contribution >= 4 is 33.5 Å². The van der Waals surface area contributed by atoms with E-state index in [-0.39, 0.29) is 11.7 Å². The molecule has 0 saturated heterocycles. The first kappa shape index (κ1) is 17.4. The maximum atomic E-state index is 12.0. The molecule has 0 saturated carbocycles. The third-order valence-corrected chi connectivity index (χ3v) is 3.87. The van der Waals surface area contributed by atoms with E-state index in [1.165, 1.54) is 13.0 Å². The number of hydrogen-bond donors (Lipinski definition) is 2. The average molecular weight is 343 g/mol. The lowest BCUT2D eigenvalue weighted by Gasteiger charge is -2.05. The summed E-state index contributed by atoms with van der Waals surface area (Å²) >= 11 is 0. The van der Waals surface area contributed by atoms with E-state index in [0.29, 0.717) is 11.3 Å². The number of anilines is 1. The van der Waals surface area contributed by atoms with Gasteiger partial charge in [-0.2, -0.15) is 8.42 Å². The molecule has 0 fully saturated rings. The Balaban J connectivity index is 2.23. The highest BCUT2D eigenvalue weighted by molar-refractivity contribution is 7.93. The second-order valence-electron chi connectivity index (χ2n) is 4.97. The van der Waals surface area contributed by atoms with Crippen molar-refractivity contribution in [2.24, 2.45) is 10.1 Å². The Morgan fingerprint density at radius 3 is 2.50 bits per heavy atom. The summed E-state index contributed by atoms with van der Waals surface area (Å²) in [6.45, 7) is 1.38. The molecule has 0 radical (unpaired) electrons.